The van der Waals surface area contributed by atoms with Gasteiger partial charge in [-0.25, -0.2) is 4.79 Å². The molecule has 1 heterocycles. The fourth-order valence-corrected chi connectivity index (χ4v) is 2.17. The molecule has 78 valence electrons. The SMILES string of the molecule is N#Cc1ccc(-c2ccc(C(=O)O)s2)cc1. The molecule has 0 spiro atoms. The molecule has 0 radical (unpaired) electrons. The lowest BCUT2D eigenvalue weighted by atomic mass is 10.1. The molecule has 0 aliphatic rings. The van der Waals surface area contributed by atoms with Crippen LogP contribution in [0.3, 0.4) is 0 Å². The van der Waals surface area contributed by atoms with Gasteiger partial charge in [0, 0.05) is 4.88 Å². The molecule has 0 saturated carbocycles. The van der Waals surface area contributed by atoms with Crippen molar-refractivity contribution in [1.82, 2.24) is 0 Å². The molecule has 0 aliphatic heterocycles. The molecule has 3 nitrogen and oxygen atoms in total. The molecule has 1 aromatic heterocycles. The molecule has 1 N–H and O–H groups in total. The van der Waals surface area contributed by atoms with Crippen molar-refractivity contribution in [3.05, 3.63) is 46.8 Å². The van der Waals surface area contributed by atoms with E-state index in [1.54, 1.807) is 24.3 Å². The van der Waals surface area contributed by atoms with Crippen molar-refractivity contribution in [2.24, 2.45) is 0 Å². The van der Waals surface area contributed by atoms with Gasteiger partial charge in [-0.05, 0) is 29.8 Å². The number of carboxylic acids is 1. The first-order valence-corrected chi connectivity index (χ1v) is 5.36. The van der Waals surface area contributed by atoms with Gasteiger partial charge in [-0.2, -0.15) is 5.26 Å². The molecule has 0 unspecified atom stereocenters. The second-order valence-electron chi connectivity index (χ2n) is 3.16. The molecule has 16 heavy (non-hydrogen) atoms. The van der Waals surface area contributed by atoms with Gasteiger partial charge in [0.1, 0.15) is 4.88 Å². The van der Waals surface area contributed by atoms with E-state index in [4.69, 9.17) is 10.4 Å². The quantitative estimate of drug-likeness (QED) is 0.861. The Bertz CT molecular complexity index is 563. The maximum absolute atomic E-state index is 10.7. The number of rotatable bonds is 2. The van der Waals surface area contributed by atoms with Gasteiger partial charge in [0.2, 0.25) is 0 Å². The Morgan fingerprint density at radius 3 is 2.38 bits per heavy atom. The van der Waals surface area contributed by atoms with Crippen molar-refractivity contribution in [3.8, 4) is 16.5 Å². The van der Waals surface area contributed by atoms with Crippen molar-refractivity contribution in [1.29, 1.82) is 5.26 Å². The van der Waals surface area contributed by atoms with Crippen LogP contribution >= 0.6 is 11.3 Å². The van der Waals surface area contributed by atoms with Crippen LogP contribution in [0.2, 0.25) is 0 Å². The van der Waals surface area contributed by atoms with E-state index in [1.165, 1.54) is 11.3 Å². The lowest BCUT2D eigenvalue weighted by molar-refractivity contribution is 0.0702. The van der Waals surface area contributed by atoms with Crippen molar-refractivity contribution < 1.29 is 9.90 Å². The predicted octanol–water partition coefficient (Wildman–Crippen LogP) is 2.98. The summed E-state index contributed by atoms with van der Waals surface area (Å²) in [6.07, 6.45) is 0. The molecule has 4 heteroatoms. The average Bonchev–Trinajstić information content (AvgIpc) is 2.78. The Hall–Kier alpha value is -2.12. The highest BCUT2D eigenvalue weighted by atomic mass is 32.1. The molecule has 0 fully saturated rings. The van der Waals surface area contributed by atoms with Crippen LogP contribution in [-0.2, 0) is 0 Å². The van der Waals surface area contributed by atoms with Gasteiger partial charge in [0.25, 0.3) is 0 Å². The van der Waals surface area contributed by atoms with E-state index in [-0.39, 0.29) is 0 Å². The van der Waals surface area contributed by atoms with Crippen LogP contribution in [0.25, 0.3) is 10.4 Å². The third-order valence-corrected chi connectivity index (χ3v) is 3.24. The molecule has 1 aromatic carbocycles. The van der Waals surface area contributed by atoms with E-state index >= 15 is 0 Å². The summed E-state index contributed by atoms with van der Waals surface area (Å²) in [6, 6.07) is 12.5. The van der Waals surface area contributed by atoms with Gasteiger partial charge in [-0.3, -0.25) is 0 Å². The minimum absolute atomic E-state index is 0.319. The maximum Gasteiger partial charge on any atom is 0.345 e. The first-order chi connectivity index (χ1) is 7.70. The number of benzene rings is 1. The zero-order valence-corrected chi connectivity index (χ0v) is 8.99. The topological polar surface area (TPSA) is 61.1 Å². The molecule has 2 aromatic rings. The lowest BCUT2D eigenvalue weighted by Gasteiger charge is -1.96. The molecular formula is C12H7NO2S. The third-order valence-electron chi connectivity index (χ3n) is 2.12. The van der Waals surface area contributed by atoms with Crippen LogP contribution < -0.4 is 0 Å². The minimum atomic E-state index is -0.912. The van der Waals surface area contributed by atoms with Crippen LogP contribution in [0.15, 0.2) is 36.4 Å². The number of carboxylic acid groups (broad SMARTS) is 1. The van der Waals surface area contributed by atoms with Gasteiger partial charge in [0.05, 0.1) is 11.6 Å². The van der Waals surface area contributed by atoms with E-state index in [0.29, 0.717) is 10.4 Å². The van der Waals surface area contributed by atoms with Gasteiger partial charge in [0.15, 0.2) is 0 Å². The highest BCUT2D eigenvalue weighted by Crippen LogP contribution is 2.28. The monoisotopic (exact) mass is 229 g/mol. The Morgan fingerprint density at radius 2 is 1.88 bits per heavy atom. The zero-order chi connectivity index (χ0) is 11.5. The van der Waals surface area contributed by atoms with Gasteiger partial charge < -0.3 is 5.11 Å². The second-order valence-corrected chi connectivity index (χ2v) is 4.24. The first kappa shape index (κ1) is 10.4. The Kier molecular flexibility index (Phi) is 2.71. The van der Waals surface area contributed by atoms with Gasteiger partial charge in [-0.1, -0.05) is 12.1 Å². The summed E-state index contributed by atoms with van der Waals surface area (Å²) >= 11 is 1.23. The summed E-state index contributed by atoms with van der Waals surface area (Å²) in [5.74, 6) is -0.912. The van der Waals surface area contributed by atoms with E-state index in [0.717, 1.165) is 10.4 Å². The summed E-state index contributed by atoms with van der Waals surface area (Å²) < 4.78 is 0. The van der Waals surface area contributed by atoms with Crippen molar-refractivity contribution >= 4 is 17.3 Å². The van der Waals surface area contributed by atoms with Crippen LogP contribution in [0.4, 0.5) is 0 Å². The van der Waals surface area contributed by atoms with Crippen LogP contribution in [-0.4, -0.2) is 11.1 Å². The lowest BCUT2D eigenvalue weighted by Crippen LogP contribution is -1.89. The van der Waals surface area contributed by atoms with E-state index in [9.17, 15) is 4.79 Å². The number of carbonyl (C=O) groups is 1. The number of nitriles is 1. The molecule has 0 atom stereocenters. The molecule has 0 aliphatic carbocycles. The van der Waals surface area contributed by atoms with Gasteiger partial charge in [-0.15, -0.1) is 11.3 Å². The zero-order valence-electron chi connectivity index (χ0n) is 8.18. The van der Waals surface area contributed by atoms with Crippen molar-refractivity contribution in [2.45, 2.75) is 0 Å². The van der Waals surface area contributed by atoms with Crippen LogP contribution in [0.5, 0.6) is 0 Å². The predicted molar refractivity (Wildman–Crippen MR) is 61.4 cm³/mol. The highest BCUT2D eigenvalue weighted by Gasteiger charge is 2.07. The molecular weight excluding hydrogens is 222 g/mol. The normalized spacial score (nSPS) is 9.69. The van der Waals surface area contributed by atoms with Crippen molar-refractivity contribution in [2.75, 3.05) is 0 Å². The summed E-state index contributed by atoms with van der Waals surface area (Å²) in [4.78, 5) is 11.9. The van der Waals surface area contributed by atoms with E-state index in [1.807, 2.05) is 18.2 Å². The fraction of sp³-hybridized carbons (Fsp3) is 0. The number of aromatic carboxylic acids is 1. The summed E-state index contributed by atoms with van der Waals surface area (Å²) in [5.41, 5.74) is 1.52. The largest absolute Gasteiger partial charge is 0.477 e. The third kappa shape index (κ3) is 1.95. The van der Waals surface area contributed by atoms with E-state index < -0.39 is 5.97 Å². The maximum atomic E-state index is 10.7. The molecule has 0 bridgehead atoms. The summed E-state index contributed by atoms with van der Waals surface area (Å²) in [6.45, 7) is 0. The number of hydrogen-bond acceptors (Lipinski definition) is 3. The standard InChI is InChI=1S/C12H7NO2S/c13-7-8-1-3-9(4-2-8)10-5-6-11(16-10)12(14)15/h1-6H,(H,14,15). The smallest absolute Gasteiger partial charge is 0.345 e. The number of hydrogen-bond donors (Lipinski definition) is 1. The summed E-state index contributed by atoms with van der Waals surface area (Å²) in [7, 11) is 0. The molecule has 0 amide bonds. The number of nitrogens with zero attached hydrogens (tertiary/aromatic N) is 1. The van der Waals surface area contributed by atoms with Crippen LogP contribution in [0, 0.1) is 11.3 Å². The first-order valence-electron chi connectivity index (χ1n) is 4.54. The number of thiophene rings is 1. The average molecular weight is 229 g/mol. The Balaban J connectivity index is 2.36. The molecule has 2 rings (SSSR count). The minimum Gasteiger partial charge on any atom is -0.477 e. The highest BCUT2D eigenvalue weighted by molar-refractivity contribution is 7.17. The van der Waals surface area contributed by atoms with E-state index in [2.05, 4.69) is 0 Å². The summed E-state index contributed by atoms with van der Waals surface area (Å²) in [5, 5.41) is 17.4. The molecule has 0 saturated heterocycles. The van der Waals surface area contributed by atoms with Crippen LogP contribution in [0.1, 0.15) is 15.2 Å². The van der Waals surface area contributed by atoms with Gasteiger partial charge >= 0.3 is 5.97 Å². The second kappa shape index (κ2) is 4.17. The Labute approximate surface area is 96.2 Å². The Morgan fingerprint density at radius 1 is 1.19 bits per heavy atom. The fourth-order valence-electron chi connectivity index (χ4n) is 1.32. The van der Waals surface area contributed by atoms with Crippen molar-refractivity contribution in [3.63, 3.8) is 0 Å².